The lowest BCUT2D eigenvalue weighted by atomic mass is 9.87. The van der Waals surface area contributed by atoms with Crippen LogP contribution in [0, 0.1) is 0 Å². The number of benzene rings is 3. The highest BCUT2D eigenvalue weighted by Crippen LogP contribution is 2.32. The molecule has 0 heterocycles. The van der Waals surface area contributed by atoms with Crippen molar-refractivity contribution in [3.05, 3.63) is 101 Å². The van der Waals surface area contributed by atoms with Gasteiger partial charge in [0.05, 0.1) is 6.04 Å². The van der Waals surface area contributed by atoms with Crippen molar-refractivity contribution in [1.29, 1.82) is 0 Å². The molecule has 3 nitrogen and oxygen atoms in total. The summed E-state index contributed by atoms with van der Waals surface area (Å²) in [6.07, 6.45) is 5.36. The maximum Gasteiger partial charge on any atom is 0.339 e. The van der Waals surface area contributed by atoms with Crippen LogP contribution < -0.4 is 10.1 Å². The Kier molecular flexibility index (Phi) is 5.76. The molecule has 3 heteroatoms. The van der Waals surface area contributed by atoms with E-state index in [0.29, 0.717) is 17.4 Å². The van der Waals surface area contributed by atoms with Gasteiger partial charge in [0, 0.05) is 11.3 Å². The SMILES string of the molecule is C/C(=C\c1ccc(NC2CCCc3ccccc32)cc1)C(=O)Oc1ccccc1. The highest BCUT2D eigenvalue weighted by Gasteiger charge is 2.19. The van der Waals surface area contributed by atoms with Crippen LogP contribution in [0.15, 0.2) is 84.4 Å². The number of carbonyl (C=O) groups excluding carboxylic acids is 1. The number of esters is 1. The Morgan fingerprint density at radius 3 is 2.48 bits per heavy atom. The molecule has 1 unspecified atom stereocenters. The second kappa shape index (κ2) is 8.78. The number of aryl methyl sites for hydroxylation is 1. The molecule has 29 heavy (non-hydrogen) atoms. The maximum absolute atomic E-state index is 12.3. The summed E-state index contributed by atoms with van der Waals surface area (Å²) in [6, 6.07) is 26.4. The Bertz CT molecular complexity index is 1010. The van der Waals surface area contributed by atoms with E-state index >= 15 is 0 Å². The fourth-order valence-electron chi connectivity index (χ4n) is 3.77. The summed E-state index contributed by atoms with van der Waals surface area (Å²) in [5, 5.41) is 3.66. The largest absolute Gasteiger partial charge is 0.423 e. The minimum Gasteiger partial charge on any atom is -0.423 e. The van der Waals surface area contributed by atoms with E-state index in [-0.39, 0.29) is 5.97 Å². The smallest absolute Gasteiger partial charge is 0.339 e. The zero-order valence-corrected chi connectivity index (χ0v) is 16.6. The van der Waals surface area contributed by atoms with Gasteiger partial charge in [0.1, 0.15) is 5.75 Å². The van der Waals surface area contributed by atoms with E-state index in [0.717, 1.165) is 24.1 Å². The van der Waals surface area contributed by atoms with Crippen molar-refractivity contribution < 1.29 is 9.53 Å². The van der Waals surface area contributed by atoms with Crippen LogP contribution in [0.5, 0.6) is 5.75 Å². The third-order valence-electron chi connectivity index (χ3n) is 5.28. The first-order valence-electron chi connectivity index (χ1n) is 10.1. The van der Waals surface area contributed by atoms with Crippen molar-refractivity contribution in [1.82, 2.24) is 0 Å². The van der Waals surface area contributed by atoms with Gasteiger partial charge in [-0.05, 0) is 73.2 Å². The van der Waals surface area contributed by atoms with Crippen molar-refractivity contribution in [3.63, 3.8) is 0 Å². The van der Waals surface area contributed by atoms with Crippen LogP contribution in [0.3, 0.4) is 0 Å². The summed E-state index contributed by atoms with van der Waals surface area (Å²) in [5.74, 6) is 0.217. The van der Waals surface area contributed by atoms with E-state index in [2.05, 4.69) is 41.7 Å². The fourth-order valence-corrected chi connectivity index (χ4v) is 3.77. The molecular formula is C26H25NO2. The predicted molar refractivity (Wildman–Crippen MR) is 118 cm³/mol. The number of para-hydroxylation sites is 1. The van der Waals surface area contributed by atoms with Crippen molar-refractivity contribution >= 4 is 17.7 Å². The van der Waals surface area contributed by atoms with Crippen LogP contribution in [0.1, 0.15) is 42.5 Å². The van der Waals surface area contributed by atoms with Crippen molar-refractivity contribution in [3.8, 4) is 5.75 Å². The van der Waals surface area contributed by atoms with Gasteiger partial charge in [-0.2, -0.15) is 0 Å². The zero-order valence-electron chi connectivity index (χ0n) is 16.6. The number of hydrogen-bond donors (Lipinski definition) is 1. The minimum absolute atomic E-state index is 0.336. The Labute approximate surface area is 172 Å². The molecule has 3 aromatic rings. The van der Waals surface area contributed by atoms with Gasteiger partial charge in [-0.25, -0.2) is 4.79 Å². The summed E-state index contributed by atoms with van der Waals surface area (Å²) in [5.41, 5.74) is 5.48. The van der Waals surface area contributed by atoms with Crippen LogP contribution in [0.2, 0.25) is 0 Å². The molecule has 1 atom stereocenters. The van der Waals surface area contributed by atoms with Gasteiger partial charge in [-0.15, -0.1) is 0 Å². The van der Waals surface area contributed by atoms with Gasteiger partial charge in [0.2, 0.25) is 0 Å². The number of carbonyl (C=O) groups is 1. The minimum atomic E-state index is -0.336. The molecule has 0 saturated carbocycles. The van der Waals surface area contributed by atoms with E-state index < -0.39 is 0 Å². The summed E-state index contributed by atoms with van der Waals surface area (Å²) in [6.45, 7) is 1.77. The number of ether oxygens (including phenoxy) is 1. The van der Waals surface area contributed by atoms with E-state index in [4.69, 9.17) is 4.74 Å². The lowest BCUT2D eigenvalue weighted by molar-refractivity contribution is -0.130. The molecule has 4 rings (SSSR count). The molecule has 3 aromatic carbocycles. The van der Waals surface area contributed by atoms with Crippen LogP contribution in [0.25, 0.3) is 6.08 Å². The average Bonchev–Trinajstić information content (AvgIpc) is 2.76. The first kappa shape index (κ1) is 19.0. The number of nitrogens with one attached hydrogen (secondary N) is 1. The topological polar surface area (TPSA) is 38.3 Å². The standard InChI is InChI=1S/C26H25NO2/c1-19(26(28)29-23-10-3-2-4-11-23)18-20-14-16-22(17-15-20)27-25-13-7-9-21-8-5-6-12-24(21)25/h2-6,8,10-12,14-18,25,27H,7,9,13H2,1H3/b19-18+. The third-order valence-corrected chi connectivity index (χ3v) is 5.28. The molecule has 1 aliphatic rings. The molecule has 1 aliphatic carbocycles. The number of anilines is 1. The molecule has 1 N–H and O–H groups in total. The van der Waals surface area contributed by atoms with Gasteiger partial charge in [-0.1, -0.05) is 54.6 Å². The van der Waals surface area contributed by atoms with Gasteiger partial charge in [0.25, 0.3) is 0 Å². The molecule has 0 aromatic heterocycles. The Morgan fingerprint density at radius 1 is 0.966 bits per heavy atom. The zero-order chi connectivity index (χ0) is 20.1. The highest BCUT2D eigenvalue weighted by atomic mass is 16.5. The van der Waals surface area contributed by atoms with Gasteiger partial charge in [-0.3, -0.25) is 0 Å². The van der Waals surface area contributed by atoms with E-state index in [1.54, 1.807) is 19.1 Å². The lowest BCUT2D eigenvalue weighted by Gasteiger charge is -2.27. The second-order valence-corrected chi connectivity index (χ2v) is 7.44. The van der Waals surface area contributed by atoms with Crippen LogP contribution in [-0.4, -0.2) is 5.97 Å². The van der Waals surface area contributed by atoms with Crippen LogP contribution in [-0.2, 0) is 11.2 Å². The van der Waals surface area contributed by atoms with Gasteiger partial charge >= 0.3 is 5.97 Å². The third kappa shape index (κ3) is 4.75. The first-order valence-corrected chi connectivity index (χ1v) is 10.1. The first-order chi connectivity index (χ1) is 14.2. The molecule has 0 bridgehead atoms. The molecule has 0 spiro atoms. The Morgan fingerprint density at radius 2 is 1.69 bits per heavy atom. The van der Waals surface area contributed by atoms with Gasteiger partial charge in [0.15, 0.2) is 0 Å². The number of fused-ring (bicyclic) bond motifs is 1. The molecule has 0 amide bonds. The van der Waals surface area contributed by atoms with E-state index in [1.807, 2.05) is 36.4 Å². The van der Waals surface area contributed by atoms with E-state index in [1.165, 1.54) is 17.5 Å². The van der Waals surface area contributed by atoms with Crippen LogP contribution >= 0.6 is 0 Å². The van der Waals surface area contributed by atoms with Crippen LogP contribution in [0.4, 0.5) is 5.69 Å². The maximum atomic E-state index is 12.3. The summed E-state index contributed by atoms with van der Waals surface area (Å²) < 4.78 is 5.39. The van der Waals surface area contributed by atoms with Crippen molar-refractivity contribution in [2.75, 3.05) is 5.32 Å². The fraction of sp³-hybridized carbons (Fsp3) is 0.192. The lowest BCUT2D eigenvalue weighted by Crippen LogP contribution is -2.17. The Balaban J connectivity index is 1.42. The molecule has 0 saturated heterocycles. The molecule has 0 aliphatic heterocycles. The Hall–Kier alpha value is -3.33. The normalized spacial score (nSPS) is 16.0. The molecule has 146 valence electrons. The second-order valence-electron chi connectivity index (χ2n) is 7.44. The molecule has 0 radical (unpaired) electrons. The summed E-state index contributed by atoms with van der Waals surface area (Å²) in [7, 11) is 0. The van der Waals surface area contributed by atoms with Crippen molar-refractivity contribution in [2.24, 2.45) is 0 Å². The number of rotatable bonds is 5. The number of hydrogen-bond acceptors (Lipinski definition) is 3. The molecular weight excluding hydrogens is 358 g/mol. The highest BCUT2D eigenvalue weighted by molar-refractivity contribution is 5.94. The summed E-state index contributed by atoms with van der Waals surface area (Å²) >= 11 is 0. The average molecular weight is 383 g/mol. The van der Waals surface area contributed by atoms with E-state index in [9.17, 15) is 4.79 Å². The molecule has 0 fully saturated rings. The quantitative estimate of drug-likeness (QED) is 0.324. The monoisotopic (exact) mass is 383 g/mol. The summed E-state index contributed by atoms with van der Waals surface area (Å²) in [4.78, 5) is 12.3. The predicted octanol–water partition coefficient (Wildman–Crippen LogP) is 6.19. The van der Waals surface area contributed by atoms with Gasteiger partial charge < -0.3 is 10.1 Å². The van der Waals surface area contributed by atoms with Crippen molar-refractivity contribution in [2.45, 2.75) is 32.2 Å².